The Bertz CT molecular complexity index is 497. The van der Waals surface area contributed by atoms with Gasteiger partial charge in [-0.25, -0.2) is 4.98 Å². The van der Waals surface area contributed by atoms with E-state index in [1.54, 1.807) is 6.20 Å². The molecule has 2 aromatic rings. The number of anilines is 2. The molecule has 0 spiro atoms. The van der Waals surface area contributed by atoms with Crippen LogP contribution in [-0.4, -0.2) is 11.6 Å². The molecule has 0 saturated carbocycles. The van der Waals surface area contributed by atoms with E-state index in [0.717, 1.165) is 22.8 Å². The highest BCUT2D eigenvalue weighted by Crippen LogP contribution is 2.21. The number of rotatable bonds is 5. The topological polar surface area (TPSA) is 60.2 Å². The maximum atomic E-state index is 5.64. The van der Waals surface area contributed by atoms with Crippen LogP contribution in [0.2, 0.25) is 0 Å². The summed E-state index contributed by atoms with van der Waals surface area (Å²) in [7, 11) is 0. The van der Waals surface area contributed by atoms with Crippen LogP contribution in [0.1, 0.15) is 12.5 Å². The zero-order chi connectivity index (χ0) is 12.8. The number of hydrogen-bond donors (Lipinski definition) is 2. The van der Waals surface area contributed by atoms with Crippen LogP contribution in [0, 0.1) is 0 Å². The molecule has 0 aliphatic carbocycles. The van der Waals surface area contributed by atoms with Crippen LogP contribution in [0.5, 0.6) is 5.75 Å². The molecule has 3 N–H and O–H groups in total. The van der Waals surface area contributed by atoms with Crippen molar-refractivity contribution in [1.29, 1.82) is 0 Å². The lowest BCUT2D eigenvalue weighted by molar-refractivity contribution is 0.340. The van der Waals surface area contributed by atoms with Crippen molar-refractivity contribution in [2.45, 2.75) is 13.5 Å². The maximum absolute atomic E-state index is 5.64. The van der Waals surface area contributed by atoms with Crippen molar-refractivity contribution in [3.63, 3.8) is 0 Å². The predicted molar refractivity (Wildman–Crippen MR) is 73.6 cm³/mol. The maximum Gasteiger partial charge on any atom is 0.169 e. The molecule has 0 aliphatic heterocycles. The average Bonchev–Trinajstić information content (AvgIpc) is 2.40. The third-order valence-corrected chi connectivity index (χ3v) is 2.51. The molecule has 4 heteroatoms. The molecular weight excluding hydrogens is 226 g/mol. The van der Waals surface area contributed by atoms with Crippen molar-refractivity contribution in [3.05, 3.63) is 48.2 Å². The summed E-state index contributed by atoms with van der Waals surface area (Å²) in [6.45, 7) is 3.27. The Morgan fingerprint density at radius 1 is 1.22 bits per heavy atom. The van der Waals surface area contributed by atoms with Crippen molar-refractivity contribution in [2.24, 2.45) is 0 Å². The van der Waals surface area contributed by atoms with Gasteiger partial charge in [0.1, 0.15) is 0 Å². The number of nitrogens with two attached hydrogens (primary N) is 1. The molecular formula is C14H17N3O. The lowest BCUT2D eigenvalue weighted by Gasteiger charge is -2.11. The number of benzene rings is 1. The minimum absolute atomic E-state index is 0.627. The summed E-state index contributed by atoms with van der Waals surface area (Å²) in [6.07, 6.45) is 1.74. The quantitative estimate of drug-likeness (QED) is 0.793. The molecule has 0 aliphatic rings. The van der Waals surface area contributed by atoms with E-state index in [9.17, 15) is 0 Å². The van der Waals surface area contributed by atoms with Crippen LogP contribution in [0.3, 0.4) is 0 Å². The summed E-state index contributed by atoms with van der Waals surface area (Å²) < 4.78 is 5.50. The van der Waals surface area contributed by atoms with Gasteiger partial charge in [0.2, 0.25) is 0 Å². The molecule has 1 aromatic heterocycles. The van der Waals surface area contributed by atoms with Gasteiger partial charge in [0.15, 0.2) is 11.6 Å². The van der Waals surface area contributed by atoms with Gasteiger partial charge in [-0.1, -0.05) is 12.1 Å². The van der Waals surface area contributed by atoms with E-state index in [1.165, 1.54) is 0 Å². The number of nitrogen functional groups attached to an aromatic ring is 1. The van der Waals surface area contributed by atoms with E-state index in [2.05, 4.69) is 10.3 Å². The molecule has 0 amide bonds. The minimum atomic E-state index is 0.627. The van der Waals surface area contributed by atoms with E-state index >= 15 is 0 Å². The van der Waals surface area contributed by atoms with Gasteiger partial charge in [-0.3, -0.25) is 0 Å². The molecule has 4 nitrogen and oxygen atoms in total. The summed E-state index contributed by atoms with van der Waals surface area (Å²) in [6, 6.07) is 11.5. The molecule has 1 aromatic carbocycles. The highest BCUT2D eigenvalue weighted by molar-refractivity contribution is 5.50. The van der Waals surface area contributed by atoms with E-state index in [1.807, 2.05) is 43.3 Å². The summed E-state index contributed by atoms with van der Waals surface area (Å²) in [5.74, 6) is 1.53. The van der Waals surface area contributed by atoms with Gasteiger partial charge >= 0.3 is 0 Å². The van der Waals surface area contributed by atoms with E-state index in [4.69, 9.17) is 10.5 Å². The van der Waals surface area contributed by atoms with Gasteiger partial charge in [-0.2, -0.15) is 0 Å². The normalized spacial score (nSPS) is 10.1. The second-order valence-corrected chi connectivity index (χ2v) is 3.88. The smallest absolute Gasteiger partial charge is 0.169 e. The third-order valence-electron chi connectivity index (χ3n) is 2.51. The first kappa shape index (κ1) is 12.2. The molecule has 18 heavy (non-hydrogen) atoms. The van der Waals surface area contributed by atoms with E-state index in [0.29, 0.717) is 13.2 Å². The second-order valence-electron chi connectivity index (χ2n) is 3.88. The van der Waals surface area contributed by atoms with Crippen molar-refractivity contribution >= 4 is 11.5 Å². The van der Waals surface area contributed by atoms with Crippen LogP contribution in [0.4, 0.5) is 11.5 Å². The Labute approximate surface area is 107 Å². The van der Waals surface area contributed by atoms with Crippen molar-refractivity contribution < 1.29 is 4.74 Å². The van der Waals surface area contributed by atoms with Crippen LogP contribution >= 0.6 is 0 Å². The first-order valence-corrected chi connectivity index (χ1v) is 5.95. The summed E-state index contributed by atoms with van der Waals surface area (Å²) >= 11 is 0. The van der Waals surface area contributed by atoms with Gasteiger partial charge in [0.05, 0.1) is 6.61 Å². The molecule has 1 heterocycles. The number of pyridine rings is 1. The van der Waals surface area contributed by atoms with Crippen molar-refractivity contribution in [3.8, 4) is 5.75 Å². The Hall–Kier alpha value is -2.23. The zero-order valence-electron chi connectivity index (χ0n) is 10.4. The highest BCUT2D eigenvalue weighted by Gasteiger charge is 2.03. The fourth-order valence-electron chi connectivity index (χ4n) is 1.62. The van der Waals surface area contributed by atoms with Crippen LogP contribution in [0.15, 0.2) is 42.6 Å². The summed E-state index contributed by atoms with van der Waals surface area (Å²) in [4.78, 5) is 4.27. The SMILES string of the molecule is CCOc1cccnc1NCc1ccc(N)cc1. The fraction of sp³-hybridized carbons (Fsp3) is 0.214. The zero-order valence-corrected chi connectivity index (χ0v) is 10.4. The van der Waals surface area contributed by atoms with Gasteiger partial charge in [0.25, 0.3) is 0 Å². The molecule has 2 rings (SSSR count). The summed E-state index contributed by atoms with van der Waals surface area (Å²) in [5.41, 5.74) is 7.57. The standard InChI is InChI=1S/C14H17N3O/c1-2-18-13-4-3-9-16-14(13)17-10-11-5-7-12(15)8-6-11/h3-9H,2,10,15H2,1H3,(H,16,17). The van der Waals surface area contributed by atoms with Crippen LogP contribution < -0.4 is 15.8 Å². The predicted octanol–water partition coefficient (Wildman–Crippen LogP) is 2.67. The van der Waals surface area contributed by atoms with Gasteiger partial charge in [-0.05, 0) is 36.8 Å². The molecule has 0 fully saturated rings. The van der Waals surface area contributed by atoms with Crippen LogP contribution in [0.25, 0.3) is 0 Å². The first-order valence-electron chi connectivity index (χ1n) is 5.95. The number of hydrogen-bond acceptors (Lipinski definition) is 4. The Morgan fingerprint density at radius 2 is 2.00 bits per heavy atom. The number of nitrogens with one attached hydrogen (secondary N) is 1. The number of nitrogens with zero attached hydrogens (tertiary/aromatic N) is 1. The summed E-state index contributed by atoms with van der Waals surface area (Å²) in [5, 5.41) is 3.26. The monoisotopic (exact) mass is 243 g/mol. The van der Waals surface area contributed by atoms with Crippen molar-refractivity contribution in [1.82, 2.24) is 4.98 Å². The lowest BCUT2D eigenvalue weighted by Crippen LogP contribution is -2.04. The molecule has 0 radical (unpaired) electrons. The molecule has 0 bridgehead atoms. The number of ether oxygens (including phenoxy) is 1. The first-order chi connectivity index (χ1) is 8.79. The lowest BCUT2D eigenvalue weighted by atomic mass is 10.2. The van der Waals surface area contributed by atoms with Gasteiger partial charge in [-0.15, -0.1) is 0 Å². The van der Waals surface area contributed by atoms with Gasteiger partial charge in [0, 0.05) is 18.4 Å². The Kier molecular flexibility index (Phi) is 4.02. The largest absolute Gasteiger partial charge is 0.490 e. The second kappa shape index (κ2) is 5.91. The molecule has 0 unspecified atom stereocenters. The Balaban J connectivity index is 2.03. The van der Waals surface area contributed by atoms with E-state index in [-0.39, 0.29) is 0 Å². The molecule has 0 saturated heterocycles. The number of aromatic nitrogens is 1. The minimum Gasteiger partial charge on any atom is -0.490 e. The fourth-order valence-corrected chi connectivity index (χ4v) is 1.62. The Morgan fingerprint density at radius 3 is 2.72 bits per heavy atom. The third kappa shape index (κ3) is 3.13. The average molecular weight is 243 g/mol. The van der Waals surface area contributed by atoms with Gasteiger partial charge < -0.3 is 15.8 Å². The molecule has 0 atom stereocenters. The van der Waals surface area contributed by atoms with E-state index < -0.39 is 0 Å². The molecule has 94 valence electrons. The highest BCUT2D eigenvalue weighted by atomic mass is 16.5. The van der Waals surface area contributed by atoms with Crippen LogP contribution in [-0.2, 0) is 6.54 Å². The van der Waals surface area contributed by atoms with Crippen molar-refractivity contribution in [2.75, 3.05) is 17.7 Å².